The molecule has 0 spiro atoms. The van der Waals surface area contributed by atoms with Crippen LogP contribution in [0, 0.1) is 12.3 Å². The Labute approximate surface area is 150 Å². The smallest absolute Gasteiger partial charge is 0.191 e. The van der Waals surface area contributed by atoms with Crippen LogP contribution < -0.4 is 15.4 Å². The zero-order valence-corrected chi connectivity index (χ0v) is 14.8. The van der Waals surface area contributed by atoms with E-state index in [0.717, 1.165) is 44.1 Å². The summed E-state index contributed by atoms with van der Waals surface area (Å²) in [6.07, 6.45) is 10.3. The van der Waals surface area contributed by atoms with Gasteiger partial charge in [-0.05, 0) is 50.3 Å². The van der Waals surface area contributed by atoms with Crippen LogP contribution in [0.25, 0.3) is 0 Å². The van der Waals surface area contributed by atoms with Crippen LogP contribution in [0.5, 0.6) is 5.75 Å². The molecule has 2 fully saturated rings. The van der Waals surface area contributed by atoms with E-state index >= 15 is 0 Å². The van der Waals surface area contributed by atoms with Crippen molar-refractivity contribution < 1.29 is 9.47 Å². The Balaban J connectivity index is 1.48. The van der Waals surface area contributed by atoms with Crippen molar-refractivity contribution in [2.75, 3.05) is 19.7 Å². The Morgan fingerprint density at radius 2 is 2.20 bits per heavy atom. The van der Waals surface area contributed by atoms with E-state index in [0.29, 0.717) is 24.9 Å². The van der Waals surface area contributed by atoms with Gasteiger partial charge >= 0.3 is 0 Å². The van der Waals surface area contributed by atoms with E-state index in [4.69, 9.17) is 20.9 Å². The van der Waals surface area contributed by atoms with Crippen molar-refractivity contribution in [2.24, 2.45) is 4.99 Å². The number of hydrogen-bond donors (Lipinski definition) is 2. The minimum absolute atomic E-state index is 0.300. The lowest BCUT2D eigenvalue weighted by Gasteiger charge is -2.22. The van der Waals surface area contributed by atoms with Gasteiger partial charge in [0, 0.05) is 13.1 Å². The number of nitrogens with zero attached hydrogens (tertiary/aromatic N) is 1. The number of rotatable bonds is 7. The van der Waals surface area contributed by atoms with Crippen LogP contribution >= 0.6 is 0 Å². The predicted octanol–water partition coefficient (Wildman–Crippen LogP) is 2.12. The second-order valence-electron chi connectivity index (χ2n) is 6.51. The number of terminal acetylenes is 1. The van der Waals surface area contributed by atoms with Crippen molar-refractivity contribution in [3.05, 3.63) is 29.8 Å². The molecule has 2 N–H and O–H groups in total. The molecule has 1 aromatic rings. The van der Waals surface area contributed by atoms with Gasteiger partial charge in [0.2, 0.25) is 0 Å². The van der Waals surface area contributed by atoms with E-state index in [1.165, 1.54) is 12.0 Å². The monoisotopic (exact) mass is 341 g/mol. The van der Waals surface area contributed by atoms with Gasteiger partial charge in [-0.1, -0.05) is 18.1 Å². The molecule has 0 amide bonds. The van der Waals surface area contributed by atoms with E-state index in [-0.39, 0.29) is 0 Å². The predicted molar refractivity (Wildman–Crippen MR) is 99.9 cm³/mol. The molecule has 0 saturated carbocycles. The average Bonchev–Trinajstić information content (AvgIpc) is 3.24. The molecule has 0 aliphatic carbocycles. The molecule has 2 heterocycles. The summed E-state index contributed by atoms with van der Waals surface area (Å²) in [5.74, 6) is 4.16. The number of hydrogen-bond acceptors (Lipinski definition) is 3. The number of ether oxygens (including phenoxy) is 2. The first-order valence-electron chi connectivity index (χ1n) is 9.14. The van der Waals surface area contributed by atoms with E-state index in [1.807, 2.05) is 12.1 Å². The minimum atomic E-state index is 0.300. The summed E-state index contributed by atoms with van der Waals surface area (Å²) in [4.78, 5) is 4.71. The Morgan fingerprint density at radius 3 is 2.84 bits per heavy atom. The van der Waals surface area contributed by atoms with E-state index in [2.05, 4.69) is 35.6 Å². The standard InChI is InChI=1S/C20H27N3O2/c1-3-13-24-16-7-5-15(6-8-16)11-12-22-20(21-4-2)23-18-14-17-9-10-19(18)25-17/h1,5-8,17-19H,4,9-14H2,2H3,(H2,21,22,23). The van der Waals surface area contributed by atoms with Crippen LogP contribution in [0.3, 0.4) is 0 Å². The molecular formula is C20H27N3O2. The van der Waals surface area contributed by atoms with Gasteiger partial charge in [-0.15, -0.1) is 6.42 Å². The normalized spacial score (nSPS) is 24.8. The van der Waals surface area contributed by atoms with Gasteiger partial charge in [0.1, 0.15) is 12.4 Å². The zero-order valence-electron chi connectivity index (χ0n) is 14.8. The van der Waals surface area contributed by atoms with Gasteiger partial charge < -0.3 is 20.1 Å². The molecule has 0 radical (unpaired) electrons. The van der Waals surface area contributed by atoms with Gasteiger partial charge in [0.05, 0.1) is 18.2 Å². The molecule has 134 valence electrons. The zero-order chi connectivity index (χ0) is 17.5. The van der Waals surface area contributed by atoms with Crippen molar-refractivity contribution in [2.45, 2.75) is 50.9 Å². The Kier molecular flexibility index (Phi) is 6.19. The van der Waals surface area contributed by atoms with Crippen LogP contribution in [0.2, 0.25) is 0 Å². The van der Waals surface area contributed by atoms with Crippen LogP contribution in [-0.4, -0.2) is 43.9 Å². The third kappa shape index (κ3) is 4.90. The fourth-order valence-electron chi connectivity index (χ4n) is 3.46. The summed E-state index contributed by atoms with van der Waals surface area (Å²) >= 11 is 0. The highest BCUT2D eigenvalue weighted by Crippen LogP contribution is 2.34. The number of fused-ring (bicyclic) bond motifs is 2. The Bertz CT molecular complexity index is 621. The number of guanidine groups is 1. The maximum absolute atomic E-state index is 5.91. The fraction of sp³-hybridized carbons (Fsp3) is 0.550. The molecule has 5 heteroatoms. The SMILES string of the molecule is C#CCOc1ccc(CCN=C(NCC)NC2CC3CCC2O3)cc1. The first-order chi connectivity index (χ1) is 12.3. The van der Waals surface area contributed by atoms with Crippen LogP contribution in [0.4, 0.5) is 0 Å². The van der Waals surface area contributed by atoms with E-state index < -0.39 is 0 Å². The number of benzene rings is 1. The molecule has 2 bridgehead atoms. The van der Waals surface area contributed by atoms with Crippen molar-refractivity contribution in [1.29, 1.82) is 0 Å². The van der Waals surface area contributed by atoms with Gasteiger partial charge in [0.25, 0.3) is 0 Å². The Hall–Kier alpha value is -2.19. The van der Waals surface area contributed by atoms with Crippen molar-refractivity contribution in [1.82, 2.24) is 10.6 Å². The van der Waals surface area contributed by atoms with Gasteiger partial charge in [0.15, 0.2) is 5.96 Å². The van der Waals surface area contributed by atoms with Gasteiger partial charge in [-0.3, -0.25) is 4.99 Å². The Morgan fingerprint density at radius 1 is 1.36 bits per heavy atom. The van der Waals surface area contributed by atoms with Crippen LogP contribution in [0.1, 0.15) is 31.7 Å². The van der Waals surface area contributed by atoms with Crippen LogP contribution in [-0.2, 0) is 11.2 Å². The van der Waals surface area contributed by atoms with E-state index in [9.17, 15) is 0 Å². The third-order valence-electron chi connectivity index (χ3n) is 4.69. The first-order valence-corrected chi connectivity index (χ1v) is 9.14. The lowest BCUT2D eigenvalue weighted by Crippen LogP contribution is -2.47. The van der Waals surface area contributed by atoms with Crippen molar-refractivity contribution >= 4 is 5.96 Å². The lowest BCUT2D eigenvalue weighted by molar-refractivity contribution is 0.0992. The largest absolute Gasteiger partial charge is 0.481 e. The average molecular weight is 341 g/mol. The highest BCUT2D eigenvalue weighted by atomic mass is 16.5. The first kappa shape index (κ1) is 17.6. The molecule has 3 rings (SSSR count). The molecule has 2 aliphatic heterocycles. The van der Waals surface area contributed by atoms with Crippen molar-refractivity contribution in [3.63, 3.8) is 0 Å². The second-order valence-corrected chi connectivity index (χ2v) is 6.51. The van der Waals surface area contributed by atoms with Gasteiger partial charge in [-0.25, -0.2) is 0 Å². The second kappa shape index (κ2) is 8.77. The van der Waals surface area contributed by atoms with E-state index in [1.54, 1.807) is 0 Å². The third-order valence-corrected chi connectivity index (χ3v) is 4.69. The summed E-state index contributed by atoms with van der Waals surface area (Å²) in [5, 5.41) is 6.87. The summed E-state index contributed by atoms with van der Waals surface area (Å²) in [6, 6.07) is 8.42. The lowest BCUT2D eigenvalue weighted by atomic mass is 9.96. The molecule has 25 heavy (non-hydrogen) atoms. The molecule has 2 saturated heterocycles. The summed E-state index contributed by atoms with van der Waals surface area (Å²) in [5.41, 5.74) is 1.23. The fourth-order valence-corrected chi connectivity index (χ4v) is 3.46. The highest BCUT2D eigenvalue weighted by Gasteiger charge is 2.41. The van der Waals surface area contributed by atoms with Crippen LogP contribution in [0.15, 0.2) is 29.3 Å². The topological polar surface area (TPSA) is 54.9 Å². The highest BCUT2D eigenvalue weighted by molar-refractivity contribution is 5.80. The molecule has 0 aromatic heterocycles. The summed E-state index contributed by atoms with van der Waals surface area (Å²) in [7, 11) is 0. The quantitative estimate of drug-likeness (QED) is 0.453. The summed E-state index contributed by atoms with van der Waals surface area (Å²) < 4.78 is 11.3. The molecule has 1 aromatic carbocycles. The number of aliphatic imine (C=N–C) groups is 1. The maximum atomic E-state index is 5.91. The molecule has 2 aliphatic rings. The molecule has 3 unspecified atom stereocenters. The molecule has 5 nitrogen and oxygen atoms in total. The molecular weight excluding hydrogens is 314 g/mol. The maximum Gasteiger partial charge on any atom is 0.191 e. The minimum Gasteiger partial charge on any atom is -0.481 e. The summed E-state index contributed by atoms with van der Waals surface area (Å²) in [6.45, 7) is 3.98. The number of nitrogens with one attached hydrogen (secondary N) is 2. The molecule has 3 atom stereocenters. The van der Waals surface area contributed by atoms with Crippen molar-refractivity contribution in [3.8, 4) is 18.1 Å². The van der Waals surface area contributed by atoms with Gasteiger partial charge in [-0.2, -0.15) is 0 Å².